The number of nitrogens with one attached hydrogen (secondary N) is 1. The van der Waals surface area contributed by atoms with Gasteiger partial charge in [0, 0.05) is 26.1 Å². The number of rotatable bonds is 13. The Morgan fingerprint density at radius 3 is 2.44 bits per heavy atom. The predicted molar refractivity (Wildman–Crippen MR) is 125 cm³/mol. The molecule has 7 nitrogen and oxygen atoms in total. The molecule has 0 heterocycles. The van der Waals surface area contributed by atoms with Gasteiger partial charge in [-0.1, -0.05) is 45.2 Å². The van der Waals surface area contributed by atoms with Crippen LogP contribution in [0.4, 0.5) is 4.79 Å². The van der Waals surface area contributed by atoms with Gasteiger partial charge in [-0.05, 0) is 49.3 Å². The Hall–Kier alpha value is -2.28. The van der Waals surface area contributed by atoms with E-state index in [9.17, 15) is 14.7 Å². The van der Waals surface area contributed by atoms with Crippen LogP contribution in [0.2, 0.25) is 0 Å². The standard InChI is InChI=1S/C25H40N2O5/c1-4-31-23(24(28)29)16-20-10-12-22(13-11-20)32-15-14-27(25(30)26-17-19(2)3)18-21-8-6-5-7-9-21/h10-13,19,21,23H,4-9,14-18H2,1-3H3,(H,26,30)(H,28,29). The Balaban J connectivity index is 1.86. The van der Waals surface area contributed by atoms with Crippen LogP contribution in [0.5, 0.6) is 5.75 Å². The van der Waals surface area contributed by atoms with Crippen molar-refractivity contribution in [3.63, 3.8) is 0 Å². The molecule has 2 rings (SSSR count). The van der Waals surface area contributed by atoms with E-state index in [0.29, 0.717) is 50.3 Å². The Bertz CT molecular complexity index is 686. The topological polar surface area (TPSA) is 88.1 Å². The molecule has 0 bridgehead atoms. The first-order valence-electron chi connectivity index (χ1n) is 12.0. The molecule has 0 radical (unpaired) electrons. The molecular formula is C25H40N2O5. The van der Waals surface area contributed by atoms with Crippen LogP contribution in [-0.4, -0.2) is 61.0 Å². The third-order valence-corrected chi connectivity index (χ3v) is 5.77. The number of carboxylic acid groups (broad SMARTS) is 1. The second-order valence-corrected chi connectivity index (χ2v) is 9.01. The smallest absolute Gasteiger partial charge is 0.333 e. The molecule has 0 spiro atoms. The lowest BCUT2D eigenvalue weighted by Crippen LogP contribution is -2.45. The summed E-state index contributed by atoms with van der Waals surface area (Å²) in [5.74, 6) is 0.729. The first-order valence-corrected chi connectivity index (χ1v) is 12.0. The SMILES string of the molecule is CCOC(Cc1ccc(OCCN(CC2CCCCC2)C(=O)NCC(C)C)cc1)C(=O)O. The second-order valence-electron chi connectivity index (χ2n) is 9.01. The van der Waals surface area contributed by atoms with Crippen molar-refractivity contribution in [3.8, 4) is 5.75 Å². The zero-order valence-corrected chi connectivity index (χ0v) is 19.8. The fraction of sp³-hybridized carbons (Fsp3) is 0.680. The zero-order chi connectivity index (χ0) is 23.3. The molecule has 1 aliphatic rings. The summed E-state index contributed by atoms with van der Waals surface area (Å²) in [5, 5.41) is 12.3. The van der Waals surface area contributed by atoms with Crippen LogP contribution in [-0.2, 0) is 16.0 Å². The van der Waals surface area contributed by atoms with Gasteiger partial charge in [0.15, 0.2) is 6.10 Å². The van der Waals surface area contributed by atoms with Gasteiger partial charge in [0.05, 0.1) is 6.54 Å². The Kier molecular flexibility index (Phi) is 11.4. The third kappa shape index (κ3) is 9.47. The van der Waals surface area contributed by atoms with E-state index in [0.717, 1.165) is 12.1 Å². The summed E-state index contributed by atoms with van der Waals surface area (Å²) in [5.41, 5.74) is 0.880. The maximum atomic E-state index is 12.7. The highest BCUT2D eigenvalue weighted by Gasteiger charge is 2.21. The number of carbonyl (C=O) groups is 2. The molecule has 0 aliphatic heterocycles. The van der Waals surface area contributed by atoms with Crippen LogP contribution in [0.15, 0.2) is 24.3 Å². The Labute approximate surface area is 192 Å². The summed E-state index contributed by atoms with van der Waals surface area (Å²) in [6, 6.07) is 7.38. The molecule has 0 aromatic heterocycles. The molecule has 1 unspecified atom stereocenters. The molecule has 1 saturated carbocycles. The lowest BCUT2D eigenvalue weighted by molar-refractivity contribution is -0.149. The van der Waals surface area contributed by atoms with Crippen LogP contribution in [0.1, 0.15) is 58.4 Å². The quantitative estimate of drug-likeness (QED) is 0.468. The van der Waals surface area contributed by atoms with E-state index in [1.807, 2.05) is 29.2 Å². The normalized spacial score (nSPS) is 15.4. The van der Waals surface area contributed by atoms with E-state index in [4.69, 9.17) is 9.47 Å². The van der Waals surface area contributed by atoms with Crippen molar-refractivity contribution in [1.29, 1.82) is 0 Å². The average molecular weight is 449 g/mol. The molecular weight excluding hydrogens is 408 g/mol. The van der Waals surface area contributed by atoms with Gasteiger partial charge in [-0.25, -0.2) is 9.59 Å². The summed E-state index contributed by atoms with van der Waals surface area (Å²) in [6.07, 6.45) is 5.65. The van der Waals surface area contributed by atoms with E-state index in [2.05, 4.69) is 19.2 Å². The minimum absolute atomic E-state index is 0.0149. The molecule has 0 saturated heterocycles. The highest BCUT2D eigenvalue weighted by molar-refractivity contribution is 5.74. The average Bonchev–Trinajstić information content (AvgIpc) is 2.78. The first kappa shape index (κ1) is 26.0. The van der Waals surface area contributed by atoms with E-state index in [-0.39, 0.29) is 6.03 Å². The summed E-state index contributed by atoms with van der Waals surface area (Å²) in [7, 11) is 0. The fourth-order valence-corrected chi connectivity index (χ4v) is 3.99. The van der Waals surface area contributed by atoms with Crippen molar-refractivity contribution < 1.29 is 24.2 Å². The zero-order valence-electron chi connectivity index (χ0n) is 19.8. The van der Waals surface area contributed by atoms with Gasteiger partial charge in [0.2, 0.25) is 0 Å². The lowest BCUT2D eigenvalue weighted by atomic mass is 9.89. The van der Waals surface area contributed by atoms with Gasteiger partial charge in [0.25, 0.3) is 0 Å². The maximum absolute atomic E-state index is 12.7. The lowest BCUT2D eigenvalue weighted by Gasteiger charge is -2.30. The molecule has 2 amide bonds. The third-order valence-electron chi connectivity index (χ3n) is 5.77. The highest BCUT2D eigenvalue weighted by atomic mass is 16.5. The summed E-state index contributed by atoms with van der Waals surface area (Å²) >= 11 is 0. The van der Waals surface area contributed by atoms with Crippen LogP contribution in [0, 0.1) is 11.8 Å². The largest absolute Gasteiger partial charge is 0.492 e. The number of hydrogen-bond acceptors (Lipinski definition) is 4. The van der Waals surface area contributed by atoms with Crippen molar-refractivity contribution in [1.82, 2.24) is 10.2 Å². The van der Waals surface area contributed by atoms with E-state index in [1.165, 1.54) is 32.1 Å². The predicted octanol–water partition coefficient (Wildman–Crippen LogP) is 4.35. The van der Waals surface area contributed by atoms with Crippen molar-refractivity contribution in [2.75, 3.05) is 32.8 Å². The van der Waals surface area contributed by atoms with E-state index < -0.39 is 12.1 Å². The molecule has 1 fully saturated rings. The number of urea groups is 1. The molecule has 1 aliphatic carbocycles. The number of benzene rings is 1. The number of ether oxygens (including phenoxy) is 2. The molecule has 7 heteroatoms. The summed E-state index contributed by atoms with van der Waals surface area (Å²) in [4.78, 5) is 25.9. The van der Waals surface area contributed by atoms with Gasteiger partial charge in [0.1, 0.15) is 12.4 Å². The number of amides is 2. The van der Waals surface area contributed by atoms with Crippen molar-refractivity contribution in [3.05, 3.63) is 29.8 Å². The van der Waals surface area contributed by atoms with Gasteiger partial charge in [-0.3, -0.25) is 0 Å². The van der Waals surface area contributed by atoms with Gasteiger partial charge in [-0.15, -0.1) is 0 Å². The van der Waals surface area contributed by atoms with E-state index in [1.54, 1.807) is 6.92 Å². The molecule has 1 aromatic carbocycles. The van der Waals surface area contributed by atoms with Crippen LogP contribution in [0.25, 0.3) is 0 Å². The number of nitrogens with zero attached hydrogens (tertiary/aromatic N) is 1. The minimum atomic E-state index is -0.957. The summed E-state index contributed by atoms with van der Waals surface area (Å²) < 4.78 is 11.2. The second kappa shape index (κ2) is 14.0. The van der Waals surface area contributed by atoms with Crippen LogP contribution in [0.3, 0.4) is 0 Å². The van der Waals surface area contributed by atoms with Crippen molar-refractivity contribution in [2.24, 2.45) is 11.8 Å². The molecule has 32 heavy (non-hydrogen) atoms. The Morgan fingerprint density at radius 2 is 1.84 bits per heavy atom. The summed E-state index contributed by atoms with van der Waals surface area (Å²) in [6.45, 7) is 8.72. The highest BCUT2D eigenvalue weighted by Crippen LogP contribution is 2.24. The van der Waals surface area contributed by atoms with Gasteiger partial charge in [-0.2, -0.15) is 0 Å². The van der Waals surface area contributed by atoms with E-state index >= 15 is 0 Å². The minimum Gasteiger partial charge on any atom is -0.492 e. The van der Waals surface area contributed by atoms with Crippen molar-refractivity contribution >= 4 is 12.0 Å². The molecule has 2 N–H and O–H groups in total. The fourth-order valence-electron chi connectivity index (χ4n) is 3.99. The molecule has 1 atom stereocenters. The van der Waals surface area contributed by atoms with Crippen molar-refractivity contribution in [2.45, 2.75) is 65.4 Å². The number of hydrogen-bond donors (Lipinski definition) is 2. The monoisotopic (exact) mass is 448 g/mol. The number of carboxylic acids is 1. The Morgan fingerprint density at radius 1 is 1.16 bits per heavy atom. The first-order chi connectivity index (χ1) is 15.4. The van der Waals surface area contributed by atoms with Crippen LogP contribution < -0.4 is 10.1 Å². The number of carbonyl (C=O) groups excluding carboxylic acids is 1. The van der Waals surface area contributed by atoms with Gasteiger partial charge < -0.3 is 24.8 Å². The molecule has 1 aromatic rings. The number of aliphatic carboxylic acids is 1. The van der Waals surface area contributed by atoms with Gasteiger partial charge >= 0.3 is 12.0 Å². The molecule has 180 valence electrons. The van der Waals surface area contributed by atoms with Crippen LogP contribution >= 0.6 is 0 Å². The maximum Gasteiger partial charge on any atom is 0.333 e.